The Bertz CT molecular complexity index is 450. The number of benzene rings is 1. The summed E-state index contributed by atoms with van der Waals surface area (Å²) in [6.45, 7) is 5.68. The van der Waals surface area contributed by atoms with Gasteiger partial charge in [-0.25, -0.2) is 4.79 Å². The summed E-state index contributed by atoms with van der Waals surface area (Å²) in [7, 11) is 0. The fraction of sp³-hybridized carbons (Fsp3) is 0.467. The molecule has 0 fully saturated rings. The van der Waals surface area contributed by atoms with E-state index in [1.54, 1.807) is 6.92 Å². The first-order valence-electron chi connectivity index (χ1n) is 6.89. The van der Waals surface area contributed by atoms with Crippen LogP contribution in [-0.4, -0.2) is 19.1 Å². The van der Waals surface area contributed by atoms with Crippen LogP contribution in [0, 0.1) is 17.2 Å². The zero-order valence-corrected chi connectivity index (χ0v) is 12.1. The predicted octanol–water partition coefficient (Wildman–Crippen LogP) is 2.47. The van der Waals surface area contributed by atoms with Crippen LogP contribution < -0.4 is 16.0 Å². The number of carbonyl (C=O) groups is 1. The van der Waals surface area contributed by atoms with Crippen LogP contribution >= 0.6 is 0 Å². The lowest BCUT2D eigenvalue weighted by Gasteiger charge is -2.09. The molecule has 20 heavy (non-hydrogen) atoms. The average Bonchev–Trinajstić information content (AvgIpc) is 2.49. The molecule has 0 spiro atoms. The molecule has 0 aliphatic rings. The number of nitrogens with one attached hydrogen (secondary N) is 3. The molecule has 1 aromatic rings. The van der Waals surface area contributed by atoms with Gasteiger partial charge in [-0.2, -0.15) is 5.26 Å². The van der Waals surface area contributed by atoms with Gasteiger partial charge in [0.05, 0.1) is 12.0 Å². The summed E-state index contributed by atoms with van der Waals surface area (Å²) in [5.41, 5.74) is 2.12. The van der Waals surface area contributed by atoms with Crippen LogP contribution in [0.3, 0.4) is 0 Å². The maximum Gasteiger partial charge on any atom is 0.315 e. The number of anilines is 1. The summed E-state index contributed by atoms with van der Waals surface area (Å²) in [6.07, 6.45) is 1.09. The second-order valence-corrected chi connectivity index (χ2v) is 4.72. The van der Waals surface area contributed by atoms with E-state index in [0.29, 0.717) is 13.1 Å². The van der Waals surface area contributed by atoms with Gasteiger partial charge in [0.25, 0.3) is 0 Å². The van der Waals surface area contributed by atoms with E-state index in [-0.39, 0.29) is 11.9 Å². The standard InChI is InChI=1S/C15H22N4O/c1-3-8-17-14-6-4-13(5-7-14)11-19-15(20)18-10-12(2)9-16/h4-7,12,17H,3,8,10-11H2,1-2H3,(H2,18,19,20)/t12-/m0/s1. The molecule has 0 saturated heterocycles. The Labute approximate surface area is 120 Å². The first-order chi connectivity index (χ1) is 9.65. The molecule has 0 aliphatic heterocycles. The quantitative estimate of drug-likeness (QED) is 0.715. The van der Waals surface area contributed by atoms with Crippen molar-refractivity contribution in [2.45, 2.75) is 26.8 Å². The maximum absolute atomic E-state index is 11.5. The molecule has 1 aromatic carbocycles. The third-order valence-corrected chi connectivity index (χ3v) is 2.78. The average molecular weight is 274 g/mol. The maximum atomic E-state index is 11.5. The highest BCUT2D eigenvalue weighted by Crippen LogP contribution is 2.09. The number of amides is 2. The summed E-state index contributed by atoms with van der Waals surface area (Å²) >= 11 is 0. The Kier molecular flexibility index (Phi) is 6.97. The smallest absolute Gasteiger partial charge is 0.315 e. The number of urea groups is 1. The highest BCUT2D eigenvalue weighted by atomic mass is 16.2. The molecule has 0 bridgehead atoms. The monoisotopic (exact) mass is 274 g/mol. The molecule has 5 nitrogen and oxygen atoms in total. The zero-order valence-electron chi connectivity index (χ0n) is 12.1. The fourth-order valence-electron chi connectivity index (χ4n) is 1.55. The summed E-state index contributed by atoms with van der Waals surface area (Å²) < 4.78 is 0. The van der Waals surface area contributed by atoms with Crippen LogP contribution in [0.25, 0.3) is 0 Å². The van der Waals surface area contributed by atoms with Gasteiger partial charge in [-0.15, -0.1) is 0 Å². The number of nitrogens with zero attached hydrogens (tertiary/aromatic N) is 1. The molecule has 0 aromatic heterocycles. The Morgan fingerprint density at radius 1 is 1.30 bits per heavy atom. The van der Waals surface area contributed by atoms with E-state index in [1.165, 1.54) is 0 Å². The van der Waals surface area contributed by atoms with Gasteiger partial charge >= 0.3 is 6.03 Å². The minimum absolute atomic E-state index is 0.176. The van der Waals surface area contributed by atoms with E-state index < -0.39 is 0 Å². The molecule has 0 saturated carbocycles. The van der Waals surface area contributed by atoms with Crippen molar-refractivity contribution in [1.29, 1.82) is 5.26 Å². The van der Waals surface area contributed by atoms with Crippen molar-refractivity contribution in [3.05, 3.63) is 29.8 Å². The second-order valence-electron chi connectivity index (χ2n) is 4.72. The lowest BCUT2D eigenvalue weighted by molar-refractivity contribution is 0.239. The van der Waals surface area contributed by atoms with Gasteiger partial charge in [0.15, 0.2) is 0 Å². The number of nitriles is 1. The van der Waals surface area contributed by atoms with E-state index in [1.807, 2.05) is 24.3 Å². The van der Waals surface area contributed by atoms with Crippen LogP contribution in [0.2, 0.25) is 0 Å². The third-order valence-electron chi connectivity index (χ3n) is 2.78. The number of hydrogen-bond acceptors (Lipinski definition) is 3. The lowest BCUT2D eigenvalue weighted by Crippen LogP contribution is -2.37. The molecule has 0 heterocycles. The molecule has 1 atom stereocenters. The normalized spacial score (nSPS) is 11.2. The Balaban J connectivity index is 2.31. The molecule has 5 heteroatoms. The summed E-state index contributed by atoms with van der Waals surface area (Å²) in [5, 5.41) is 17.3. The molecule has 108 valence electrons. The fourth-order valence-corrected chi connectivity index (χ4v) is 1.55. The van der Waals surface area contributed by atoms with Crippen LogP contribution in [0.4, 0.5) is 10.5 Å². The van der Waals surface area contributed by atoms with Crippen LogP contribution in [0.1, 0.15) is 25.8 Å². The van der Waals surface area contributed by atoms with Gasteiger partial charge in [-0.05, 0) is 31.0 Å². The summed E-state index contributed by atoms with van der Waals surface area (Å²) in [5.74, 6) is -0.176. The van der Waals surface area contributed by atoms with Gasteiger partial charge in [0.2, 0.25) is 0 Å². The number of carbonyl (C=O) groups excluding carboxylic acids is 1. The minimum atomic E-state index is -0.250. The molecule has 1 rings (SSSR count). The van der Waals surface area contributed by atoms with Crippen molar-refractivity contribution in [2.24, 2.45) is 5.92 Å². The molecule has 0 radical (unpaired) electrons. The molecule has 0 unspecified atom stereocenters. The van der Waals surface area contributed by atoms with E-state index in [0.717, 1.165) is 24.2 Å². The Morgan fingerprint density at radius 2 is 2.00 bits per heavy atom. The van der Waals surface area contributed by atoms with E-state index in [4.69, 9.17) is 5.26 Å². The minimum Gasteiger partial charge on any atom is -0.385 e. The Hall–Kier alpha value is -2.22. The van der Waals surface area contributed by atoms with Gasteiger partial charge in [-0.3, -0.25) is 0 Å². The van der Waals surface area contributed by atoms with Crippen molar-refractivity contribution in [3.63, 3.8) is 0 Å². The van der Waals surface area contributed by atoms with Gasteiger partial charge < -0.3 is 16.0 Å². The predicted molar refractivity (Wildman–Crippen MR) is 80.2 cm³/mol. The van der Waals surface area contributed by atoms with Gasteiger partial charge in [-0.1, -0.05) is 19.1 Å². The highest BCUT2D eigenvalue weighted by Gasteiger charge is 2.03. The van der Waals surface area contributed by atoms with Gasteiger partial charge in [0.1, 0.15) is 0 Å². The van der Waals surface area contributed by atoms with Crippen molar-refractivity contribution >= 4 is 11.7 Å². The van der Waals surface area contributed by atoms with Crippen molar-refractivity contribution in [3.8, 4) is 6.07 Å². The molecular formula is C15H22N4O. The second kappa shape index (κ2) is 8.81. The molecule has 2 amide bonds. The molecule has 3 N–H and O–H groups in total. The highest BCUT2D eigenvalue weighted by molar-refractivity contribution is 5.73. The summed E-state index contributed by atoms with van der Waals surface area (Å²) in [4.78, 5) is 11.5. The lowest BCUT2D eigenvalue weighted by atomic mass is 10.2. The first-order valence-corrected chi connectivity index (χ1v) is 6.89. The third kappa shape index (κ3) is 6.10. The molecular weight excluding hydrogens is 252 g/mol. The van der Waals surface area contributed by atoms with E-state index in [9.17, 15) is 4.79 Å². The Morgan fingerprint density at radius 3 is 2.60 bits per heavy atom. The number of hydrogen-bond donors (Lipinski definition) is 3. The van der Waals surface area contributed by atoms with E-state index >= 15 is 0 Å². The zero-order chi connectivity index (χ0) is 14.8. The topological polar surface area (TPSA) is 76.9 Å². The first kappa shape index (κ1) is 15.8. The molecule has 0 aliphatic carbocycles. The van der Waals surface area contributed by atoms with Gasteiger partial charge in [0, 0.05) is 25.3 Å². The van der Waals surface area contributed by atoms with Crippen molar-refractivity contribution < 1.29 is 4.79 Å². The van der Waals surface area contributed by atoms with Crippen LogP contribution in [0.5, 0.6) is 0 Å². The van der Waals surface area contributed by atoms with Crippen LogP contribution in [-0.2, 0) is 6.54 Å². The summed E-state index contributed by atoms with van der Waals surface area (Å²) in [6, 6.07) is 9.79. The largest absolute Gasteiger partial charge is 0.385 e. The van der Waals surface area contributed by atoms with Crippen molar-refractivity contribution in [1.82, 2.24) is 10.6 Å². The van der Waals surface area contributed by atoms with Crippen LogP contribution in [0.15, 0.2) is 24.3 Å². The van der Waals surface area contributed by atoms with E-state index in [2.05, 4.69) is 28.9 Å². The van der Waals surface area contributed by atoms with Crippen molar-refractivity contribution in [2.75, 3.05) is 18.4 Å². The number of rotatable bonds is 7. The SMILES string of the molecule is CCCNc1ccc(CNC(=O)NC[C@@H](C)C#N)cc1.